The van der Waals surface area contributed by atoms with Crippen LogP contribution in [0.5, 0.6) is 0 Å². The van der Waals surface area contributed by atoms with Gasteiger partial charge in [-0.25, -0.2) is 8.42 Å². The van der Waals surface area contributed by atoms with Gasteiger partial charge in [-0.3, -0.25) is 9.59 Å². The summed E-state index contributed by atoms with van der Waals surface area (Å²) in [4.78, 5) is 26.5. The van der Waals surface area contributed by atoms with Crippen molar-refractivity contribution in [1.29, 1.82) is 0 Å². The number of nitrogens with one attached hydrogen (secondary N) is 1. The lowest BCUT2D eigenvalue weighted by Crippen LogP contribution is -2.36. The van der Waals surface area contributed by atoms with Gasteiger partial charge in [-0.1, -0.05) is 0 Å². The Morgan fingerprint density at radius 3 is 2.72 bits per heavy atom. The van der Waals surface area contributed by atoms with E-state index in [4.69, 9.17) is 4.42 Å². The Hall–Kier alpha value is -2.61. The number of anilines is 1. The van der Waals surface area contributed by atoms with Gasteiger partial charge < -0.3 is 14.6 Å². The summed E-state index contributed by atoms with van der Waals surface area (Å²) in [6.07, 6.45) is 3.90. The average Bonchev–Trinajstić information content (AvgIpc) is 3.31. The van der Waals surface area contributed by atoms with Gasteiger partial charge >= 0.3 is 0 Å². The Labute approximate surface area is 170 Å². The molecular formula is C21H24N2O5S. The van der Waals surface area contributed by atoms with E-state index in [0.29, 0.717) is 12.2 Å². The predicted molar refractivity (Wildman–Crippen MR) is 107 cm³/mol. The molecule has 0 radical (unpaired) electrons. The molecule has 2 aliphatic rings. The van der Waals surface area contributed by atoms with Crippen LogP contribution in [0, 0.1) is 5.92 Å². The van der Waals surface area contributed by atoms with Crippen LogP contribution in [-0.4, -0.2) is 32.0 Å². The molecule has 8 heteroatoms. The van der Waals surface area contributed by atoms with Crippen LogP contribution in [0.25, 0.3) is 0 Å². The number of furan rings is 1. The zero-order valence-electron chi connectivity index (χ0n) is 16.3. The molecule has 2 aromatic rings. The Morgan fingerprint density at radius 2 is 2.03 bits per heavy atom. The van der Waals surface area contributed by atoms with Crippen LogP contribution in [0.3, 0.4) is 0 Å². The third-order valence-corrected chi connectivity index (χ3v) is 7.14. The molecule has 0 spiro atoms. The molecule has 2 amide bonds. The van der Waals surface area contributed by atoms with E-state index in [2.05, 4.69) is 5.32 Å². The number of carbonyl (C=O) groups excluding carboxylic acids is 2. The van der Waals surface area contributed by atoms with E-state index in [1.54, 1.807) is 30.3 Å². The highest BCUT2D eigenvalue weighted by Gasteiger charge is 2.39. The second-order valence-corrected chi connectivity index (χ2v) is 9.86. The maximum absolute atomic E-state index is 12.7. The Balaban J connectivity index is 1.40. The second kappa shape index (κ2) is 7.67. The lowest BCUT2D eigenvalue weighted by atomic mass is 10.1. The summed E-state index contributed by atoms with van der Waals surface area (Å²) in [6, 6.07) is 8.41. The van der Waals surface area contributed by atoms with Crippen molar-refractivity contribution in [1.82, 2.24) is 5.32 Å². The first-order chi connectivity index (χ1) is 13.8. The van der Waals surface area contributed by atoms with Crippen molar-refractivity contribution >= 4 is 27.3 Å². The van der Waals surface area contributed by atoms with Crippen molar-refractivity contribution in [2.75, 3.05) is 10.7 Å². The zero-order chi connectivity index (χ0) is 20.6. The smallest absolute Gasteiger partial charge is 0.230 e. The van der Waals surface area contributed by atoms with Gasteiger partial charge in [-0.2, -0.15) is 0 Å². The van der Waals surface area contributed by atoms with Gasteiger partial charge in [0.1, 0.15) is 5.76 Å². The minimum Gasteiger partial charge on any atom is -0.467 e. The molecule has 1 aromatic carbocycles. The van der Waals surface area contributed by atoms with E-state index in [1.165, 1.54) is 6.26 Å². The van der Waals surface area contributed by atoms with Crippen molar-refractivity contribution < 1.29 is 22.4 Å². The lowest BCUT2D eigenvalue weighted by Gasteiger charge is -2.22. The molecule has 1 N–H and O–H groups in total. The highest BCUT2D eigenvalue weighted by Crippen LogP contribution is 2.39. The molecule has 7 nitrogen and oxygen atoms in total. The highest BCUT2D eigenvalue weighted by molar-refractivity contribution is 7.91. The fourth-order valence-electron chi connectivity index (χ4n) is 3.70. The molecule has 2 heterocycles. The summed E-state index contributed by atoms with van der Waals surface area (Å²) in [7, 11) is -3.60. The van der Waals surface area contributed by atoms with Crippen LogP contribution in [0.15, 0.2) is 45.9 Å². The first-order valence-electron chi connectivity index (χ1n) is 9.83. The molecule has 1 aliphatic carbocycles. The number of rotatable bonds is 7. The van der Waals surface area contributed by atoms with E-state index >= 15 is 0 Å². The summed E-state index contributed by atoms with van der Waals surface area (Å²) < 4.78 is 30.5. The molecular weight excluding hydrogens is 392 g/mol. The monoisotopic (exact) mass is 416 g/mol. The van der Waals surface area contributed by atoms with Gasteiger partial charge in [-0.05, 0) is 62.1 Å². The van der Waals surface area contributed by atoms with E-state index < -0.39 is 9.84 Å². The molecule has 0 unspecified atom stereocenters. The van der Waals surface area contributed by atoms with Crippen molar-refractivity contribution in [2.45, 2.75) is 50.1 Å². The second-order valence-electron chi connectivity index (χ2n) is 7.75. The Bertz CT molecular complexity index is 1030. The van der Waals surface area contributed by atoms with Crippen molar-refractivity contribution in [3.8, 4) is 0 Å². The Kier molecular flexibility index (Phi) is 5.21. The van der Waals surface area contributed by atoms with Gasteiger partial charge in [0, 0.05) is 24.1 Å². The number of carbonyl (C=O) groups is 2. The van der Waals surface area contributed by atoms with E-state index in [1.807, 2.05) is 11.8 Å². The zero-order valence-corrected chi connectivity index (χ0v) is 17.1. The fourth-order valence-corrected chi connectivity index (χ4v) is 4.98. The summed E-state index contributed by atoms with van der Waals surface area (Å²) in [5.41, 5.74) is 1.68. The van der Waals surface area contributed by atoms with Gasteiger partial charge in [0.25, 0.3) is 0 Å². The molecule has 1 aliphatic heterocycles. The number of sulfone groups is 1. The summed E-state index contributed by atoms with van der Waals surface area (Å²) >= 11 is 0. The number of fused-ring (bicyclic) bond motifs is 1. The molecule has 1 atom stereocenters. The number of nitrogens with zero attached hydrogens (tertiary/aromatic N) is 1. The summed E-state index contributed by atoms with van der Waals surface area (Å²) in [5, 5.41) is 2.65. The minimum atomic E-state index is -3.60. The van der Waals surface area contributed by atoms with Crippen molar-refractivity contribution in [3.63, 3.8) is 0 Å². The topological polar surface area (TPSA) is 96.7 Å². The average molecular weight is 416 g/mol. The van der Waals surface area contributed by atoms with E-state index in [9.17, 15) is 18.0 Å². The number of benzene rings is 1. The van der Waals surface area contributed by atoms with E-state index in [0.717, 1.165) is 24.1 Å². The first kappa shape index (κ1) is 19.7. The van der Waals surface area contributed by atoms with Gasteiger partial charge in [0.15, 0.2) is 9.84 Å². The molecule has 1 saturated carbocycles. The normalized spacial score (nSPS) is 18.5. The van der Waals surface area contributed by atoms with Crippen LogP contribution in [0.2, 0.25) is 0 Å². The third-order valence-electron chi connectivity index (χ3n) is 5.43. The molecule has 1 aromatic heterocycles. The molecule has 1 fully saturated rings. The summed E-state index contributed by atoms with van der Waals surface area (Å²) in [6.45, 7) is 2.21. The minimum absolute atomic E-state index is 0.0310. The van der Waals surface area contributed by atoms with Crippen LogP contribution >= 0.6 is 0 Å². The number of hydrogen-bond acceptors (Lipinski definition) is 5. The van der Waals surface area contributed by atoms with Crippen LogP contribution < -0.4 is 10.2 Å². The molecule has 4 rings (SSSR count). The first-order valence-corrected chi connectivity index (χ1v) is 11.5. The standard InChI is InChI=1S/C21H24N2O5S/c1-14-11-16-12-18(6-7-19(16)23(14)21(25)15-4-5-15)29(26,27)10-8-20(24)22-13-17-3-2-9-28-17/h2-3,6-7,9,12,14-15H,4-5,8,10-11,13H2,1H3,(H,22,24)/t14-/m1/s1. The van der Waals surface area contributed by atoms with Crippen LogP contribution in [-0.2, 0) is 32.4 Å². The molecule has 29 heavy (non-hydrogen) atoms. The lowest BCUT2D eigenvalue weighted by molar-refractivity contribution is -0.121. The maximum Gasteiger partial charge on any atom is 0.230 e. The SMILES string of the molecule is C[C@@H]1Cc2cc(S(=O)(=O)CCC(=O)NCc3ccco3)ccc2N1C(=O)C1CC1. The third kappa shape index (κ3) is 4.22. The van der Waals surface area contributed by atoms with Crippen molar-refractivity contribution in [2.24, 2.45) is 5.92 Å². The van der Waals surface area contributed by atoms with Gasteiger partial charge in [0.05, 0.1) is 23.5 Å². The fraction of sp³-hybridized carbons (Fsp3) is 0.429. The molecule has 154 valence electrons. The van der Waals surface area contributed by atoms with Gasteiger partial charge in [-0.15, -0.1) is 0 Å². The maximum atomic E-state index is 12.7. The summed E-state index contributed by atoms with van der Waals surface area (Å²) in [5.74, 6) is 0.252. The number of amides is 2. The largest absolute Gasteiger partial charge is 0.467 e. The Morgan fingerprint density at radius 1 is 1.24 bits per heavy atom. The predicted octanol–water partition coefficient (Wildman–Crippen LogP) is 2.45. The molecule has 0 saturated heterocycles. The van der Waals surface area contributed by atoms with Crippen molar-refractivity contribution in [3.05, 3.63) is 47.9 Å². The van der Waals surface area contributed by atoms with Crippen LogP contribution in [0.1, 0.15) is 37.5 Å². The van der Waals surface area contributed by atoms with Crippen LogP contribution in [0.4, 0.5) is 5.69 Å². The molecule has 0 bridgehead atoms. The van der Waals surface area contributed by atoms with Gasteiger partial charge in [0.2, 0.25) is 11.8 Å². The highest BCUT2D eigenvalue weighted by atomic mass is 32.2. The number of hydrogen-bond donors (Lipinski definition) is 1. The van der Waals surface area contributed by atoms with E-state index in [-0.39, 0.29) is 47.4 Å². The quantitative estimate of drug-likeness (QED) is 0.748.